The van der Waals surface area contributed by atoms with E-state index in [1.165, 1.54) is 0 Å². The second-order valence-electron chi connectivity index (χ2n) is 9.03. The van der Waals surface area contributed by atoms with Gasteiger partial charge in [-0.2, -0.15) is 0 Å². The summed E-state index contributed by atoms with van der Waals surface area (Å²) in [4.78, 5) is 27.8. The van der Waals surface area contributed by atoms with Crippen LogP contribution in [0.1, 0.15) is 33.0 Å². The summed E-state index contributed by atoms with van der Waals surface area (Å²) in [7, 11) is 4.79. The third-order valence-electron chi connectivity index (χ3n) is 6.82. The molecule has 1 amide bonds. The molecule has 3 heterocycles. The molecular weight excluding hydrogens is 472 g/mol. The number of rotatable bonds is 7. The number of morpholine rings is 1. The Kier molecular flexibility index (Phi) is 7.41. The number of carbonyl (C=O) groups is 1. The van der Waals surface area contributed by atoms with Crippen LogP contribution < -0.4 is 19.1 Å². The van der Waals surface area contributed by atoms with Crippen molar-refractivity contribution in [2.24, 2.45) is 0 Å². The normalized spacial score (nSPS) is 15.2. The van der Waals surface area contributed by atoms with Crippen LogP contribution in [0.15, 0.2) is 42.5 Å². The highest BCUT2D eigenvalue weighted by Gasteiger charge is 2.31. The minimum Gasteiger partial charge on any atom is -0.497 e. The number of carbonyl (C=O) groups excluding carboxylic acids is 1. The number of aromatic nitrogens is 2. The lowest BCUT2D eigenvalue weighted by Gasteiger charge is -2.35. The maximum atomic E-state index is 13.7. The van der Waals surface area contributed by atoms with Crippen molar-refractivity contribution < 1.29 is 23.7 Å². The zero-order valence-electron chi connectivity index (χ0n) is 21.5. The molecule has 0 aliphatic carbocycles. The molecule has 0 radical (unpaired) electrons. The van der Waals surface area contributed by atoms with Crippen molar-refractivity contribution >= 4 is 11.7 Å². The summed E-state index contributed by atoms with van der Waals surface area (Å²) in [6.45, 7) is 3.75. The van der Waals surface area contributed by atoms with E-state index in [9.17, 15) is 4.79 Å². The number of hydrogen-bond donors (Lipinski definition) is 0. The number of amides is 1. The second-order valence-corrected chi connectivity index (χ2v) is 9.03. The highest BCUT2D eigenvalue weighted by atomic mass is 16.5. The number of fused-ring (bicyclic) bond motifs is 1. The largest absolute Gasteiger partial charge is 0.497 e. The third kappa shape index (κ3) is 5.17. The topological polar surface area (TPSA) is 86.3 Å². The molecule has 0 spiro atoms. The highest BCUT2D eigenvalue weighted by Crippen LogP contribution is 2.33. The highest BCUT2D eigenvalue weighted by molar-refractivity contribution is 6.00. The summed E-state index contributed by atoms with van der Waals surface area (Å²) in [5.74, 6) is 3.32. The van der Waals surface area contributed by atoms with Gasteiger partial charge in [0.05, 0.1) is 46.8 Å². The Bertz CT molecular complexity index is 1250. The SMILES string of the molecule is COc1cccc(Cc2nc3c(c(N4CCOCC4)n2)CN(C(=O)c2c(OC)cccc2OC)CC3)c1. The molecule has 9 heteroatoms. The van der Waals surface area contributed by atoms with E-state index in [4.69, 9.17) is 28.9 Å². The number of methoxy groups -OCH3 is 3. The van der Waals surface area contributed by atoms with Gasteiger partial charge in [-0.05, 0) is 29.8 Å². The fourth-order valence-corrected chi connectivity index (χ4v) is 4.92. The lowest BCUT2D eigenvalue weighted by atomic mass is 10.0. The number of ether oxygens (including phenoxy) is 4. The maximum absolute atomic E-state index is 13.7. The molecule has 1 saturated heterocycles. The molecule has 0 atom stereocenters. The predicted octanol–water partition coefficient (Wildman–Crippen LogP) is 3.13. The van der Waals surface area contributed by atoms with Crippen LogP contribution in [0.3, 0.4) is 0 Å². The first-order valence-electron chi connectivity index (χ1n) is 12.5. The van der Waals surface area contributed by atoms with Crippen molar-refractivity contribution in [3.63, 3.8) is 0 Å². The summed E-state index contributed by atoms with van der Waals surface area (Å²) in [6.07, 6.45) is 1.24. The molecule has 2 aliphatic heterocycles. The van der Waals surface area contributed by atoms with Gasteiger partial charge in [-0.1, -0.05) is 18.2 Å². The summed E-state index contributed by atoms with van der Waals surface area (Å²) in [5, 5.41) is 0. The number of anilines is 1. The third-order valence-corrected chi connectivity index (χ3v) is 6.82. The van der Waals surface area contributed by atoms with E-state index in [1.807, 2.05) is 29.2 Å². The molecule has 0 unspecified atom stereocenters. The van der Waals surface area contributed by atoms with E-state index in [2.05, 4.69) is 11.0 Å². The lowest BCUT2D eigenvalue weighted by Crippen LogP contribution is -2.41. The van der Waals surface area contributed by atoms with Crippen molar-refractivity contribution in [3.05, 3.63) is 70.7 Å². The Morgan fingerprint density at radius 2 is 1.68 bits per heavy atom. The molecule has 0 saturated carbocycles. The fraction of sp³-hybridized carbons (Fsp3) is 0.393. The number of nitrogens with zero attached hydrogens (tertiary/aromatic N) is 4. The van der Waals surface area contributed by atoms with Gasteiger partial charge in [-0.15, -0.1) is 0 Å². The van der Waals surface area contributed by atoms with Crippen molar-refractivity contribution in [2.75, 3.05) is 59.1 Å². The minimum atomic E-state index is -0.131. The van der Waals surface area contributed by atoms with Gasteiger partial charge < -0.3 is 28.7 Å². The van der Waals surface area contributed by atoms with Gasteiger partial charge in [0.1, 0.15) is 34.5 Å². The van der Waals surface area contributed by atoms with Crippen molar-refractivity contribution in [1.82, 2.24) is 14.9 Å². The van der Waals surface area contributed by atoms with Crippen LogP contribution >= 0.6 is 0 Å². The number of hydrogen-bond acceptors (Lipinski definition) is 8. The van der Waals surface area contributed by atoms with Gasteiger partial charge >= 0.3 is 0 Å². The van der Waals surface area contributed by atoms with Crippen molar-refractivity contribution in [2.45, 2.75) is 19.4 Å². The molecule has 0 bridgehead atoms. The van der Waals surface area contributed by atoms with E-state index < -0.39 is 0 Å². The minimum absolute atomic E-state index is 0.131. The Morgan fingerprint density at radius 3 is 2.38 bits per heavy atom. The van der Waals surface area contributed by atoms with Crippen LogP contribution in [-0.2, 0) is 24.1 Å². The molecule has 1 fully saturated rings. The second kappa shape index (κ2) is 11.0. The van der Waals surface area contributed by atoms with E-state index in [1.54, 1.807) is 33.5 Å². The molecule has 3 aromatic rings. The summed E-state index contributed by atoms with van der Waals surface area (Å²) in [5.41, 5.74) is 3.50. The maximum Gasteiger partial charge on any atom is 0.261 e. The first kappa shape index (κ1) is 24.8. The average Bonchev–Trinajstić information content (AvgIpc) is 2.96. The van der Waals surface area contributed by atoms with Gasteiger partial charge in [0.2, 0.25) is 0 Å². The molecular formula is C28H32N4O5. The quantitative estimate of drug-likeness (QED) is 0.485. The standard InChI is InChI=1S/C28H32N4O5/c1-34-20-7-4-6-19(16-20)17-25-29-22-10-11-32(18-21(22)27(30-25)31-12-14-37-15-13-31)28(33)26-23(35-2)8-5-9-24(26)36-3/h4-9,16H,10-15,17-18H2,1-3H3. The van der Waals surface area contributed by atoms with Gasteiger partial charge in [0.15, 0.2) is 0 Å². The molecule has 9 nitrogen and oxygen atoms in total. The Labute approximate surface area is 216 Å². The molecule has 0 N–H and O–H groups in total. The molecule has 2 aliphatic rings. The fourth-order valence-electron chi connectivity index (χ4n) is 4.92. The average molecular weight is 505 g/mol. The Hall–Kier alpha value is -3.85. The van der Waals surface area contributed by atoms with E-state index in [0.717, 1.165) is 47.3 Å². The summed E-state index contributed by atoms with van der Waals surface area (Å²) < 4.78 is 22.0. The van der Waals surface area contributed by atoms with E-state index in [0.29, 0.717) is 56.2 Å². The van der Waals surface area contributed by atoms with Crippen LogP contribution in [0.2, 0.25) is 0 Å². The smallest absolute Gasteiger partial charge is 0.261 e. The summed E-state index contributed by atoms with van der Waals surface area (Å²) >= 11 is 0. The van der Waals surface area contributed by atoms with E-state index in [-0.39, 0.29) is 5.91 Å². The van der Waals surface area contributed by atoms with Crippen molar-refractivity contribution in [1.29, 1.82) is 0 Å². The van der Waals surface area contributed by atoms with Gasteiger partial charge in [0.25, 0.3) is 5.91 Å². The van der Waals surface area contributed by atoms with Crippen LogP contribution in [-0.4, -0.2) is 75.0 Å². The molecule has 5 rings (SSSR count). The van der Waals surface area contributed by atoms with Gasteiger partial charge in [0, 0.05) is 38.0 Å². The van der Waals surface area contributed by atoms with Crippen LogP contribution in [0.25, 0.3) is 0 Å². The predicted molar refractivity (Wildman–Crippen MR) is 139 cm³/mol. The van der Waals surface area contributed by atoms with Crippen molar-refractivity contribution in [3.8, 4) is 17.2 Å². The lowest BCUT2D eigenvalue weighted by molar-refractivity contribution is 0.0725. The zero-order valence-corrected chi connectivity index (χ0v) is 21.5. The van der Waals surface area contributed by atoms with E-state index >= 15 is 0 Å². The molecule has 194 valence electrons. The van der Waals surface area contributed by atoms with Gasteiger partial charge in [-0.25, -0.2) is 9.97 Å². The Morgan fingerprint density at radius 1 is 0.946 bits per heavy atom. The monoisotopic (exact) mass is 504 g/mol. The van der Waals surface area contributed by atoms with Gasteiger partial charge in [-0.3, -0.25) is 4.79 Å². The Balaban J connectivity index is 1.49. The van der Waals surface area contributed by atoms with Crippen LogP contribution in [0.4, 0.5) is 5.82 Å². The first-order valence-corrected chi connectivity index (χ1v) is 12.5. The number of benzene rings is 2. The first-order chi connectivity index (χ1) is 18.1. The molecule has 37 heavy (non-hydrogen) atoms. The zero-order chi connectivity index (χ0) is 25.8. The van der Waals surface area contributed by atoms with Crippen LogP contribution in [0.5, 0.6) is 17.2 Å². The molecule has 2 aromatic carbocycles. The van der Waals surface area contributed by atoms with Crippen LogP contribution in [0, 0.1) is 0 Å². The summed E-state index contributed by atoms with van der Waals surface area (Å²) in [6, 6.07) is 13.3. The molecule has 1 aromatic heterocycles.